The zero-order valence-corrected chi connectivity index (χ0v) is 13.8. The number of benzene rings is 1. The first-order valence-electron chi connectivity index (χ1n) is 8.31. The minimum atomic E-state index is 0.756. The Bertz CT molecular complexity index is 427. The van der Waals surface area contributed by atoms with Crippen LogP contribution in [-0.2, 0) is 13.1 Å². The smallest absolute Gasteiger partial charge is 0.123 e. The molecule has 1 N–H and O–H groups in total. The van der Waals surface area contributed by atoms with Crippen LogP contribution in [0.3, 0.4) is 0 Å². The highest BCUT2D eigenvalue weighted by molar-refractivity contribution is 5.37. The first-order chi connectivity index (χ1) is 10.2. The number of hydrogen-bond acceptors (Lipinski definition) is 3. The molecule has 1 aromatic rings. The maximum atomic E-state index is 5.55. The summed E-state index contributed by atoms with van der Waals surface area (Å²) in [4.78, 5) is 2.51. The highest BCUT2D eigenvalue weighted by Gasteiger charge is 2.18. The third-order valence-corrected chi connectivity index (χ3v) is 4.55. The highest BCUT2D eigenvalue weighted by Crippen LogP contribution is 2.25. The standard InChI is InChI=1S/C18H30N2O/c1-4-19-13-16-11-10-15(12-18(16)21-3)14-20(2)17-8-6-5-7-9-17/h10-12,17,19H,4-9,13-14H2,1-3H3. The number of ether oxygens (including phenoxy) is 1. The van der Waals surface area contributed by atoms with Gasteiger partial charge in [-0.25, -0.2) is 0 Å². The normalized spacial score (nSPS) is 16.4. The maximum Gasteiger partial charge on any atom is 0.123 e. The second-order valence-corrected chi connectivity index (χ2v) is 6.13. The van der Waals surface area contributed by atoms with E-state index in [2.05, 4.69) is 42.4 Å². The van der Waals surface area contributed by atoms with E-state index in [1.54, 1.807) is 7.11 Å². The lowest BCUT2D eigenvalue weighted by atomic mass is 9.94. The van der Waals surface area contributed by atoms with Crippen LogP contribution < -0.4 is 10.1 Å². The van der Waals surface area contributed by atoms with Crippen LogP contribution >= 0.6 is 0 Å². The molecule has 0 aromatic heterocycles. The minimum Gasteiger partial charge on any atom is -0.496 e. The van der Waals surface area contributed by atoms with E-state index >= 15 is 0 Å². The molecular formula is C18H30N2O. The lowest BCUT2D eigenvalue weighted by molar-refractivity contribution is 0.184. The Morgan fingerprint density at radius 2 is 2.00 bits per heavy atom. The van der Waals surface area contributed by atoms with Crippen LogP contribution in [0, 0.1) is 0 Å². The molecule has 0 aliphatic heterocycles. The van der Waals surface area contributed by atoms with Crippen molar-refractivity contribution in [2.75, 3.05) is 20.7 Å². The molecule has 2 rings (SSSR count). The van der Waals surface area contributed by atoms with E-state index in [-0.39, 0.29) is 0 Å². The van der Waals surface area contributed by atoms with Crippen LogP contribution in [0.4, 0.5) is 0 Å². The van der Waals surface area contributed by atoms with Crippen LogP contribution in [0.1, 0.15) is 50.2 Å². The van der Waals surface area contributed by atoms with Gasteiger partial charge < -0.3 is 10.1 Å². The van der Waals surface area contributed by atoms with Gasteiger partial charge in [0.25, 0.3) is 0 Å². The number of nitrogens with zero attached hydrogens (tertiary/aromatic N) is 1. The van der Waals surface area contributed by atoms with Gasteiger partial charge in [-0.1, -0.05) is 38.3 Å². The second-order valence-electron chi connectivity index (χ2n) is 6.13. The molecule has 0 unspecified atom stereocenters. The largest absolute Gasteiger partial charge is 0.496 e. The quantitative estimate of drug-likeness (QED) is 0.831. The van der Waals surface area contributed by atoms with E-state index in [4.69, 9.17) is 4.74 Å². The van der Waals surface area contributed by atoms with E-state index in [1.165, 1.54) is 43.2 Å². The molecule has 0 heterocycles. The Balaban J connectivity index is 1.99. The van der Waals surface area contributed by atoms with Gasteiger partial charge in [0.05, 0.1) is 7.11 Å². The fourth-order valence-electron chi connectivity index (χ4n) is 3.23. The molecule has 3 heteroatoms. The molecule has 0 radical (unpaired) electrons. The van der Waals surface area contributed by atoms with E-state index in [0.29, 0.717) is 0 Å². The Morgan fingerprint density at radius 3 is 2.67 bits per heavy atom. The van der Waals surface area contributed by atoms with E-state index in [0.717, 1.165) is 31.4 Å². The van der Waals surface area contributed by atoms with Crippen molar-refractivity contribution >= 4 is 0 Å². The molecule has 0 atom stereocenters. The molecule has 118 valence electrons. The van der Waals surface area contributed by atoms with Gasteiger partial charge in [0.1, 0.15) is 5.75 Å². The van der Waals surface area contributed by atoms with Gasteiger partial charge in [0.2, 0.25) is 0 Å². The molecule has 0 saturated heterocycles. The van der Waals surface area contributed by atoms with E-state index < -0.39 is 0 Å². The van der Waals surface area contributed by atoms with Crippen molar-refractivity contribution in [1.29, 1.82) is 0 Å². The zero-order chi connectivity index (χ0) is 15.1. The summed E-state index contributed by atoms with van der Waals surface area (Å²) in [5.41, 5.74) is 2.59. The van der Waals surface area contributed by atoms with Crippen LogP contribution in [0.2, 0.25) is 0 Å². The summed E-state index contributed by atoms with van der Waals surface area (Å²) in [7, 11) is 4.02. The summed E-state index contributed by atoms with van der Waals surface area (Å²) in [5.74, 6) is 1.01. The number of rotatable bonds is 7. The zero-order valence-electron chi connectivity index (χ0n) is 13.8. The maximum absolute atomic E-state index is 5.55. The van der Waals surface area contributed by atoms with Crippen LogP contribution in [0.25, 0.3) is 0 Å². The van der Waals surface area contributed by atoms with Gasteiger partial charge in [0.15, 0.2) is 0 Å². The number of nitrogens with one attached hydrogen (secondary N) is 1. The summed E-state index contributed by atoms with van der Waals surface area (Å²) in [6.07, 6.45) is 6.90. The Hall–Kier alpha value is -1.06. The molecule has 21 heavy (non-hydrogen) atoms. The molecule has 0 amide bonds. The Morgan fingerprint density at radius 1 is 1.24 bits per heavy atom. The highest BCUT2D eigenvalue weighted by atomic mass is 16.5. The predicted molar refractivity (Wildman–Crippen MR) is 88.7 cm³/mol. The molecule has 3 nitrogen and oxygen atoms in total. The summed E-state index contributed by atoms with van der Waals surface area (Å²) in [6, 6.07) is 7.40. The van der Waals surface area contributed by atoms with Crippen LogP contribution in [0.5, 0.6) is 5.75 Å². The van der Waals surface area contributed by atoms with Gasteiger partial charge in [-0.3, -0.25) is 4.90 Å². The lowest BCUT2D eigenvalue weighted by Gasteiger charge is -2.31. The van der Waals surface area contributed by atoms with Crippen LogP contribution in [0.15, 0.2) is 18.2 Å². The third kappa shape index (κ3) is 4.72. The average molecular weight is 290 g/mol. The van der Waals surface area contributed by atoms with E-state index in [1.807, 2.05) is 0 Å². The van der Waals surface area contributed by atoms with Gasteiger partial charge in [-0.05, 0) is 38.1 Å². The van der Waals surface area contributed by atoms with Crippen molar-refractivity contribution in [2.45, 2.75) is 58.2 Å². The number of hydrogen-bond donors (Lipinski definition) is 1. The van der Waals surface area contributed by atoms with Crippen molar-refractivity contribution < 1.29 is 4.74 Å². The molecule has 1 aliphatic carbocycles. The monoisotopic (exact) mass is 290 g/mol. The van der Waals surface area contributed by atoms with E-state index in [9.17, 15) is 0 Å². The summed E-state index contributed by atoms with van der Waals surface area (Å²) in [5, 5.41) is 3.36. The van der Waals surface area contributed by atoms with Gasteiger partial charge in [-0.2, -0.15) is 0 Å². The van der Waals surface area contributed by atoms with Gasteiger partial charge in [0, 0.05) is 24.7 Å². The SMILES string of the molecule is CCNCc1ccc(CN(C)C2CCCCC2)cc1OC. The molecule has 1 fully saturated rings. The molecule has 1 saturated carbocycles. The average Bonchev–Trinajstić information content (AvgIpc) is 2.54. The van der Waals surface area contributed by atoms with Gasteiger partial charge >= 0.3 is 0 Å². The topological polar surface area (TPSA) is 24.5 Å². The second kappa shape index (κ2) is 8.40. The molecular weight excluding hydrogens is 260 g/mol. The first kappa shape index (κ1) is 16.3. The Labute approximate surface area is 129 Å². The summed E-state index contributed by atoms with van der Waals surface area (Å²) >= 11 is 0. The van der Waals surface area contributed by atoms with Crippen molar-refractivity contribution in [2.24, 2.45) is 0 Å². The summed E-state index contributed by atoms with van der Waals surface area (Å²) in [6.45, 7) is 5.00. The van der Waals surface area contributed by atoms with Crippen molar-refractivity contribution in [3.63, 3.8) is 0 Å². The molecule has 1 aromatic carbocycles. The Kier molecular flexibility index (Phi) is 6.52. The fourth-order valence-corrected chi connectivity index (χ4v) is 3.23. The summed E-state index contributed by atoms with van der Waals surface area (Å²) < 4.78 is 5.55. The fraction of sp³-hybridized carbons (Fsp3) is 0.667. The first-order valence-corrected chi connectivity index (χ1v) is 8.31. The van der Waals surface area contributed by atoms with Crippen LogP contribution in [-0.4, -0.2) is 31.6 Å². The molecule has 0 spiro atoms. The van der Waals surface area contributed by atoms with Gasteiger partial charge in [-0.15, -0.1) is 0 Å². The predicted octanol–water partition coefficient (Wildman–Crippen LogP) is 3.57. The molecule has 1 aliphatic rings. The third-order valence-electron chi connectivity index (χ3n) is 4.55. The lowest BCUT2D eigenvalue weighted by Crippen LogP contribution is -2.32. The minimum absolute atomic E-state index is 0.756. The molecule has 0 bridgehead atoms. The number of methoxy groups -OCH3 is 1. The van der Waals surface area contributed by atoms with Crippen molar-refractivity contribution in [3.8, 4) is 5.75 Å². The van der Waals surface area contributed by atoms with Crippen molar-refractivity contribution in [1.82, 2.24) is 10.2 Å². The van der Waals surface area contributed by atoms with Crippen molar-refractivity contribution in [3.05, 3.63) is 29.3 Å².